The summed E-state index contributed by atoms with van der Waals surface area (Å²) in [4.78, 5) is 6.65. The highest BCUT2D eigenvalue weighted by molar-refractivity contribution is 7.99. The first-order valence-corrected chi connectivity index (χ1v) is 7.31. The lowest BCUT2D eigenvalue weighted by atomic mass is 10.3. The van der Waals surface area contributed by atoms with Crippen LogP contribution in [0.4, 0.5) is 0 Å². The number of rotatable bonds is 4. The van der Waals surface area contributed by atoms with E-state index in [1.54, 1.807) is 11.3 Å². The van der Waals surface area contributed by atoms with E-state index in [2.05, 4.69) is 39.4 Å². The van der Waals surface area contributed by atoms with Crippen LogP contribution >= 0.6 is 23.1 Å². The summed E-state index contributed by atoms with van der Waals surface area (Å²) in [5.74, 6) is 2.49. The van der Waals surface area contributed by atoms with Crippen LogP contribution in [0, 0.1) is 0 Å². The maximum absolute atomic E-state index is 4.30. The first kappa shape index (κ1) is 11.4. The highest BCUT2D eigenvalue weighted by atomic mass is 32.2. The molecule has 84 valence electrons. The van der Waals surface area contributed by atoms with Gasteiger partial charge in [0.05, 0.1) is 11.2 Å². The average molecular weight is 243 g/mol. The number of hydrogen-bond acceptors (Lipinski definition) is 5. The van der Waals surface area contributed by atoms with Crippen LogP contribution in [-0.4, -0.2) is 47.6 Å². The van der Waals surface area contributed by atoms with Crippen molar-refractivity contribution in [1.29, 1.82) is 0 Å². The molecule has 0 aromatic carbocycles. The Morgan fingerprint density at radius 3 is 3.27 bits per heavy atom. The maximum atomic E-state index is 4.30. The van der Waals surface area contributed by atoms with Gasteiger partial charge in [-0.05, 0) is 7.05 Å². The molecule has 0 spiro atoms. The van der Waals surface area contributed by atoms with Crippen LogP contribution in [0.5, 0.6) is 0 Å². The zero-order valence-electron chi connectivity index (χ0n) is 8.98. The van der Waals surface area contributed by atoms with Crippen molar-refractivity contribution >= 4 is 23.1 Å². The van der Waals surface area contributed by atoms with Gasteiger partial charge in [-0.25, -0.2) is 4.98 Å². The Labute approximate surface area is 99.3 Å². The Morgan fingerprint density at radius 2 is 2.60 bits per heavy atom. The van der Waals surface area contributed by atoms with Crippen molar-refractivity contribution in [3.8, 4) is 0 Å². The minimum Gasteiger partial charge on any atom is -0.311 e. The molecular formula is C10H17N3S2. The molecule has 0 radical (unpaired) electrons. The molecule has 1 aliphatic heterocycles. The Hall–Kier alpha value is -0.100. The van der Waals surface area contributed by atoms with Gasteiger partial charge in [0.1, 0.15) is 0 Å². The van der Waals surface area contributed by atoms with Gasteiger partial charge in [-0.2, -0.15) is 11.8 Å². The number of thiazole rings is 1. The highest BCUT2D eigenvalue weighted by Crippen LogP contribution is 2.10. The highest BCUT2D eigenvalue weighted by Gasteiger charge is 2.15. The third kappa shape index (κ3) is 3.75. The van der Waals surface area contributed by atoms with Crippen molar-refractivity contribution in [3.63, 3.8) is 0 Å². The van der Waals surface area contributed by atoms with Gasteiger partial charge in [-0.3, -0.25) is 4.90 Å². The number of aromatic nitrogens is 1. The molecule has 1 N–H and O–H groups in total. The van der Waals surface area contributed by atoms with Gasteiger partial charge in [0.2, 0.25) is 0 Å². The van der Waals surface area contributed by atoms with E-state index in [0.717, 1.165) is 19.6 Å². The molecule has 15 heavy (non-hydrogen) atoms. The molecule has 5 heteroatoms. The summed E-state index contributed by atoms with van der Waals surface area (Å²) in [6.07, 6.45) is 0. The fourth-order valence-corrected chi connectivity index (χ4v) is 3.26. The monoisotopic (exact) mass is 243 g/mol. The number of nitrogens with one attached hydrogen (secondary N) is 1. The zero-order valence-corrected chi connectivity index (χ0v) is 10.6. The Balaban J connectivity index is 1.74. The molecule has 0 saturated carbocycles. The smallest absolute Gasteiger partial charge is 0.0795 e. The molecule has 1 aromatic rings. The van der Waals surface area contributed by atoms with Gasteiger partial charge < -0.3 is 5.32 Å². The van der Waals surface area contributed by atoms with Gasteiger partial charge >= 0.3 is 0 Å². The van der Waals surface area contributed by atoms with Crippen molar-refractivity contribution in [2.24, 2.45) is 0 Å². The molecule has 1 aliphatic rings. The van der Waals surface area contributed by atoms with Gasteiger partial charge in [0, 0.05) is 42.6 Å². The molecule has 0 bridgehead atoms. The first-order valence-electron chi connectivity index (χ1n) is 5.21. The summed E-state index contributed by atoms with van der Waals surface area (Å²) in [6, 6.07) is 0.646. The second-order valence-electron chi connectivity index (χ2n) is 3.90. The van der Waals surface area contributed by atoms with Crippen molar-refractivity contribution in [2.45, 2.75) is 12.6 Å². The van der Waals surface area contributed by atoms with Crippen molar-refractivity contribution < 1.29 is 0 Å². The normalized spacial score (nSPS) is 22.1. The predicted molar refractivity (Wildman–Crippen MR) is 67.6 cm³/mol. The van der Waals surface area contributed by atoms with E-state index in [9.17, 15) is 0 Å². The third-order valence-electron chi connectivity index (χ3n) is 2.45. The lowest BCUT2D eigenvalue weighted by Gasteiger charge is -2.27. The van der Waals surface area contributed by atoms with Crippen LogP contribution in [-0.2, 0) is 6.54 Å². The van der Waals surface area contributed by atoms with E-state index in [-0.39, 0.29) is 0 Å². The maximum Gasteiger partial charge on any atom is 0.0795 e. The molecular weight excluding hydrogens is 226 g/mol. The predicted octanol–water partition coefficient (Wildman–Crippen LogP) is 1.28. The fraction of sp³-hybridized carbons (Fsp3) is 0.700. The first-order chi connectivity index (χ1) is 7.34. The van der Waals surface area contributed by atoms with Gasteiger partial charge in [0.25, 0.3) is 0 Å². The minimum atomic E-state index is 0.646. The van der Waals surface area contributed by atoms with E-state index in [0.29, 0.717) is 6.04 Å². The lowest BCUT2D eigenvalue weighted by Crippen LogP contribution is -2.44. The Kier molecular flexibility index (Phi) is 4.43. The SMILES string of the molecule is CN(Cc1cscn1)CC1CSCCN1. The van der Waals surface area contributed by atoms with E-state index < -0.39 is 0 Å². The van der Waals surface area contributed by atoms with Crippen molar-refractivity contribution in [2.75, 3.05) is 31.6 Å². The summed E-state index contributed by atoms with van der Waals surface area (Å²) in [6.45, 7) is 3.23. The number of hydrogen-bond donors (Lipinski definition) is 1. The fourth-order valence-electron chi connectivity index (χ4n) is 1.77. The van der Waals surface area contributed by atoms with E-state index >= 15 is 0 Å². The summed E-state index contributed by atoms with van der Waals surface area (Å²) in [5, 5.41) is 5.67. The van der Waals surface area contributed by atoms with Crippen LogP contribution < -0.4 is 5.32 Å². The second kappa shape index (κ2) is 5.84. The molecule has 0 aliphatic carbocycles. The van der Waals surface area contributed by atoms with Gasteiger partial charge in [0.15, 0.2) is 0 Å². The van der Waals surface area contributed by atoms with Crippen LogP contribution in [0.1, 0.15) is 5.69 Å². The number of nitrogens with zero attached hydrogens (tertiary/aromatic N) is 2. The molecule has 1 fully saturated rings. The molecule has 2 rings (SSSR count). The molecule has 1 atom stereocenters. The molecule has 3 nitrogen and oxygen atoms in total. The molecule has 2 heterocycles. The minimum absolute atomic E-state index is 0.646. The largest absolute Gasteiger partial charge is 0.311 e. The van der Waals surface area contributed by atoms with E-state index in [1.165, 1.54) is 17.2 Å². The topological polar surface area (TPSA) is 28.2 Å². The molecule has 1 saturated heterocycles. The lowest BCUT2D eigenvalue weighted by molar-refractivity contribution is 0.289. The number of thioether (sulfide) groups is 1. The van der Waals surface area contributed by atoms with Crippen LogP contribution in [0.3, 0.4) is 0 Å². The molecule has 0 amide bonds. The summed E-state index contributed by atoms with van der Waals surface area (Å²) >= 11 is 3.72. The standard InChI is InChI=1S/C10H17N3S2/c1-13(5-10-7-15-8-12-10)4-9-6-14-3-2-11-9/h7-9,11H,2-6H2,1H3. The van der Waals surface area contributed by atoms with Crippen molar-refractivity contribution in [3.05, 3.63) is 16.6 Å². The average Bonchev–Trinajstić information content (AvgIpc) is 2.71. The second-order valence-corrected chi connectivity index (χ2v) is 5.77. The summed E-state index contributed by atoms with van der Waals surface area (Å²) < 4.78 is 0. The van der Waals surface area contributed by atoms with Gasteiger partial charge in [-0.15, -0.1) is 11.3 Å². The van der Waals surface area contributed by atoms with Crippen LogP contribution in [0.25, 0.3) is 0 Å². The zero-order chi connectivity index (χ0) is 10.5. The Bertz CT molecular complexity index is 270. The van der Waals surface area contributed by atoms with Crippen LogP contribution in [0.2, 0.25) is 0 Å². The molecule has 1 unspecified atom stereocenters. The van der Waals surface area contributed by atoms with E-state index in [4.69, 9.17) is 0 Å². The van der Waals surface area contributed by atoms with Gasteiger partial charge in [-0.1, -0.05) is 0 Å². The molecule has 1 aromatic heterocycles. The van der Waals surface area contributed by atoms with E-state index in [1.807, 2.05) is 5.51 Å². The quantitative estimate of drug-likeness (QED) is 0.862. The summed E-state index contributed by atoms with van der Waals surface area (Å²) in [7, 11) is 2.17. The third-order valence-corrected chi connectivity index (χ3v) is 4.21. The van der Waals surface area contributed by atoms with Crippen molar-refractivity contribution in [1.82, 2.24) is 15.2 Å². The van der Waals surface area contributed by atoms with Crippen LogP contribution in [0.15, 0.2) is 10.9 Å². The Morgan fingerprint density at radius 1 is 1.67 bits per heavy atom. The number of likely N-dealkylation sites (N-methyl/N-ethyl adjacent to an activating group) is 1. The summed E-state index contributed by atoms with van der Waals surface area (Å²) in [5.41, 5.74) is 3.09.